The van der Waals surface area contributed by atoms with Crippen LogP contribution in [0, 0.1) is 12.8 Å². The molecule has 2 atom stereocenters. The van der Waals surface area contributed by atoms with Gasteiger partial charge < -0.3 is 0 Å². The third kappa shape index (κ3) is 4.33. The predicted molar refractivity (Wildman–Crippen MR) is 106 cm³/mol. The van der Waals surface area contributed by atoms with Crippen molar-refractivity contribution in [3.8, 4) is 0 Å². The van der Waals surface area contributed by atoms with Crippen molar-refractivity contribution in [3.05, 3.63) is 23.8 Å². The van der Waals surface area contributed by atoms with E-state index < -0.39 is 0 Å². The molecule has 1 aliphatic carbocycles. The van der Waals surface area contributed by atoms with Crippen molar-refractivity contribution in [1.82, 2.24) is 15.0 Å². The van der Waals surface area contributed by atoms with Crippen molar-refractivity contribution in [2.45, 2.75) is 90.5 Å². The maximum Gasteiger partial charge on any atom is 0.160 e. The van der Waals surface area contributed by atoms with Crippen LogP contribution in [0.1, 0.15) is 89.2 Å². The van der Waals surface area contributed by atoms with Gasteiger partial charge in [-0.15, -0.1) is 5.10 Å². The molecular weight excluding hydrogens is 322 g/mol. The Morgan fingerprint density at radius 3 is 2.54 bits per heavy atom. The van der Waals surface area contributed by atoms with Gasteiger partial charge in [0.2, 0.25) is 0 Å². The number of Topliss-reactive ketones (excluding diaryl/α,β-unsaturated/α-hetero) is 1. The van der Waals surface area contributed by atoms with E-state index in [9.17, 15) is 4.79 Å². The number of hydrogen-bond donors (Lipinski definition) is 0. The summed E-state index contributed by atoms with van der Waals surface area (Å²) < 4.78 is 1.87. The number of hydrogen-bond acceptors (Lipinski definition) is 3. The smallest absolute Gasteiger partial charge is 0.160 e. The number of aromatic nitrogens is 3. The number of benzene rings is 1. The number of carbonyl (C=O) groups is 1. The first-order valence-corrected chi connectivity index (χ1v) is 10.6. The van der Waals surface area contributed by atoms with E-state index in [0.29, 0.717) is 5.78 Å². The van der Waals surface area contributed by atoms with Gasteiger partial charge in [0.25, 0.3) is 0 Å². The van der Waals surface area contributed by atoms with Crippen molar-refractivity contribution in [2.24, 2.45) is 5.92 Å². The lowest BCUT2D eigenvalue weighted by molar-refractivity contribution is -0.123. The van der Waals surface area contributed by atoms with Gasteiger partial charge in [-0.3, -0.25) is 4.79 Å². The minimum Gasteiger partial charge on any atom is -0.297 e. The highest BCUT2D eigenvalue weighted by Gasteiger charge is 2.36. The number of fused-ring (bicyclic) bond motifs is 1. The van der Waals surface area contributed by atoms with Gasteiger partial charge in [-0.25, -0.2) is 4.68 Å². The Hall–Kier alpha value is -1.71. The summed E-state index contributed by atoms with van der Waals surface area (Å²) in [4.78, 5) is 12.9. The largest absolute Gasteiger partial charge is 0.297 e. The number of ketones is 1. The van der Waals surface area contributed by atoms with E-state index in [2.05, 4.69) is 17.2 Å². The molecule has 1 aromatic heterocycles. The Morgan fingerprint density at radius 1 is 1.04 bits per heavy atom. The van der Waals surface area contributed by atoms with Crippen molar-refractivity contribution >= 4 is 16.8 Å². The van der Waals surface area contributed by atoms with E-state index in [1.54, 1.807) is 0 Å². The fourth-order valence-electron chi connectivity index (χ4n) is 4.30. The lowest BCUT2D eigenvalue weighted by Crippen LogP contribution is -2.19. The molecule has 1 fully saturated rings. The second-order valence-corrected chi connectivity index (χ2v) is 7.93. The van der Waals surface area contributed by atoms with Crippen LogP contribution in [-0.2, 0) is 4.79 Å². The Balaban J connectivity index is 1.47. The third-order valence-electron chi connectivity index (χ3n) is 5.93. The van der Waals surface area contributed by atoms with Crippen LogP contribution in [-0.4, -0.2) is 20.8 Å². The average Bonchev–Trinajstić information content (AvgIpc) is 3.22. The molecular formula is C22H33N3O. The average molecular weight is 356 g/mol. The van der Waals surface area contributed by atoms with Crippen molar-refractivity contribution in [1.29, 1.82) is 0 Å². The quantitative estimate of drug-likeness (QED) is 0.507. The molecule has 2 unspecified atom stereocenters. The molecule has 1 heterocycles. The summed E-state index contributed by atoms with van der Waals surface area (Å²) in [5.74, 6) is 0.602. The lowest BCUT2D eigenvalue weighted by atomic mass is 9.97. The molecule has 0 saturated heterocycles. The van der Waals surface area contributed by atoms with E-state index in [4.69, 9.17) is 0 Å². The second kappa shape index (κ2) is 9.29. The maximum absolute atomic E-state index is 12.9. The van der Waals surface area contributed by atoms with Crippen molar-refractivity contribution in [2.75, 3.05) is 0 Å². The minimum atomic E-state index is -0.110. The first-order valence-electron chi connectivity index (χ1n) is 10.6. The molecule has 3 rings (SSSR count). The van der Waals surface area contributed by atoms with Gasteiger partial charge >= 0.3 is 0 Å². The number of carbonyl (C=O) groups excluding carboxylic acids is 1. The van der Waals surface area contributed by atoms with Crippen LogP contribution in [0.3, 0.4) is 0 Å². The summed E-state index contributed by atoms with van der Waals surface area (Å²) in [5, 5.41) is 8.61. The lowest BCUT2D eigenvalue weighted by Gasteiger charge is -2.11. The number of aryl methyl sites for hydroxylation is 1. The van der Waals surface area contributed by atoms with Crippen LogP contribution in [0.5, 0.6) is 0 Å². The monoisotopic (exact) mass is 355 g/mol. The van der Waals surface area contributed by atoms with Gasteiger partial charge in [0.1, 0.15) is 11.6 Å². The zero-order valence-corrected chi connectivity index (χ0v) is 16.4. The molecule has 0 radical (unpaired) electrons. The molecule has 0 amide bonds. The van der Waals surface area contributed by atoms with Gasteiger partial charge in [0, 0.05) is 5.92 Å². The number of nitrogens with zero attached hydrogens (tertiary/aromatic N) is 3. The van der Waals surface area contributed by atoms with Crippen molar-refractivity contribution < 1.29 is 4.79 Å². The maximum atomic E-state index is 12.9. The topological polar surface area (TPSA) is 47.8 Å². The summed E-state index contributed by atoms with van der Waals surface area (Å²) in [7, 11) is 0. The molecule has 1 aliphatic rings. The Bertz CT molecular complexity index is 721. The molecule has 0 spiro atoms. The van der Waals surface area contributed by atoms with E-state index in [1.807, 2.05) is 29.8 Å². The van der Waals surface area contributed by atoms with Gasteiger partial charge in [-0.05, 0) is 37.8 Å². The number of rotatable bonds is 10. The number of unbranched alkanes of at least 4 members (excludes halogenated alkanes) is 7. The van der Waals surface area contributed by atoms with Crippen LogP contribution in [0.2, 0.25) is 0 Å². The van der Waals surface area contributed by atoms with E-state index >= 15 is 0 Å². The molecule has 0 bridgehead atoms. The molecule has 26 heavy (non-hydrogen) atoms. The van der Waals surface area contributed by atoms with Crippen LogP contribution < -0.4 is 0 Å². The van der Waals surface area contributed by atoms with Crippen molar-refractivity contribution in [3.63, 3.8) is 0 Å². The Kier molecular flexibility index (Phi) is 6.81. The van der Waals surface area contributed by atoms with Gasteiger partial charge in [0.15, 0.2) is 5.78 Å². The van der Waals surface area contributed by atoms with E-state index in [-0.39, 0.29) is 12.0 Å². The normalized spacial score (nSPS) is 20.3. The molecule has 4 nitrogen and oxygen atoms in total. The summed E-state index contributed by atoms with van der Waals surface area (Å²) in [6.45, 7) is 4.30. The highest BCUT2D eigenvalue weighted by molar-refractivity contribution is 5.89. The first kappa shape index (κ1) is 19.1. The highest BCUT2D eigenvalue weighted by Crippen LogP contribution is 2.35. The molecule has 0 N–H and O–H groups in total. The van der Waals surface area contributed by atoms with Crippen LogP contribution >= 0.6 is 0 Å². The summed E-state index contributed by atoms with van der Waals surface area (Å²) in [6.07, 6.45) is 13.5. The van der Waals surface area contributed by atoms with Gasteiger partial charge in [0.05, 0.1) is 5.52 Å². The fourth-order valence-corrected chi connectivity index (χ4v) is 4.30. The van der Waals surface area contributed by atoms with E-state index in [1.165, 1.54) is 51.4 Å². The van der Waals surface area contributed by atoms with Crippen LogP contribution in [0.15, 0.2) is 18.2 Å². The zero-order chi connectivity index (χ0) is 18.4. The van der Waals surface area contributed by atoms with Crippen LogP contribution in [0.25, 0.3) is 11.0 Å². The molecule has 2 aromatic rings. The summed E-state index contributed by atoms with van der Waals surface area (Å²) in [6, 6.07) is 5.99. The Labute approximate surface area is 157 Å². The zero-order valence-electron chi connectivity index (χ0n) is 16.4. The standard InChI is InChI=1S/C22H33N3O/c1-3-4-5-6-7-8-9-10-13-18-15-16-20(22(18)26)25-19-14-11-12-17(2)21(19)23-24-25/h11-12,14,18,20H,3-10,13,15-16H2,1-2H3. The van der Waals surface area contributed by atoms with Crippen LogP contribution in [0.4, 0.5) is 0 Å². The second-order valence-electron chi connectivity index (χ2n) is 7.93. The predicted octanol–water partition coefficient (Wildman–Crippen LogP) is 5.79. The minimum absolute atomic E-state index is 0.110. The molecule has 4 heteroatoms. The molecule has 0 aliphatic heterocycles. The highest BCUT2D eigenvalue weighted by atomic mass is 16.1. The summed E-state index contributed by atoms with van der Waals surface area (Å²) >= 11 is 0. The molecule has 1 saturated carbocycles. The molecule has 142 valence electrons. The fraction of sp³-hybridized carbons (Fsp3) is 0.682. The first-order chi connectivity index (χ1) is 12.7. The Morgan fingerprint density at radius 2 is 1.77 bits per heavy atom. The van der Waals surface area contributed by atoms with E-state index in [0.717, 1.165) is 35.9 Å². The van der Waals surface area contributed by atoms with Gasteiger partial charge in [-0.2, -0.15) is 0 Å². The summed E-state index contributed by atoms with van der Waals surface area (Å²) in [5.41, 5.74) is 3.04. The third-order valence-corrected chi connectivity index (χ3v) is 5.93. The SMILES string of the molecule is CCCCCCCCCCC1CCC(n2nnc3c(C)cccc32)C1=O. The molecule has 1 aromatic carbocycles. The van der Waals surface area contributed by atoms with Gasteiger partial charge in [-0.1, -0.05) is 75.6 Å².